The van der Waals surface area contributed by atoms with Crippen LogP contribution in [0.1, 0.15) is 10.5 Å². The second-order valence-electron chi connectivity index (χ2n) is 8.65. The number of nitrogens with two attached hydrogens (primary N) is 1. The molecule has 0 aliphatic rings. The number of para-hydroxylation sites is 1. The largest absolute Gasteiger partial charge is 0.457 e. The van der Waals surface area contributed by atoms with E-state index in [1.165, 1.54) is 12.3 Å². The molecule has 0 bridgehead atoms. The van der Waals surface area contributed by atoms with Crippen LogP contribution in [0.5, 0.6) is 23.0 Å². The number of amides is 1. The Morgan fingerprint density at radius 1 is 0.784 bits per heavy atom. The number of hydrogen-bond acceptors (Lipinski definition) is 7. The minimum atomic E-state index is -0.595. The van der Waals surface area contributed by atoms with Crippen LogP contribution in [0.4, 0.5) is 11.4 Å². The summed E-state index contributed by atoms with van der Waals surface area (Å²) in [6.45, 7) is 0.599. The highest BCUT2D eigenvalue weighted by Crippen LogP contribution is 2.26. The van der Waals surface area contributed by atoms with Crippen LogP contribution in [-0.4, -0.2) is 50.7 Å². The number of ether oxygens (including phenoxy) is 2. The Kier molecular flexibility index (Phi) is 9.87. The van der Waals surface area contributed by atoms with Gasteiger partial charge in [0.15, 0.2) is 0 Å². The van der Waals surface area contributed by atoms with Gasteiger partial charge in [-0.25, -0.2) is 0 Å². The molecule has 8 heteroatoms. The highest BCUT2D eigenvalue weighted by molar-refractivity contribution is 5.91. The molecule has 1 aromatic heterocycles. The van der Waals surface area contributed by atoms with Gasteiger partial charge in [0.1, 0.15) is 28.7 Å². The van der Waals surface area contributed by atoms with Crippen molar-refractivity contribution in [1.29, 1.82) is 0 Å². The Bertz CT molecular complexity index is 1260. The molecule has 0 saturated heterocycles. The maximum absolute atomic E-state index is 11.3. The van der Waals surface area contributed by atoms with Crippen molar-refractivity contribution in [3.8, 4) is 23.0 Å². The number of aromatic nitrogens is 1. The zero-order valence-electron chi connectivity index (χ0n) is 21.6. The Labute approximate surface area is 218 Å². The van der Waals surface area contributed by atoms with Crippen LogP contribution in [0.2, 0.25) is 0 Å². The molecule has 4 aromatic rings. The molecule has 37 heavy (non-hydrogen) atoms. The number of benzene rings is 3. The number of pyridine rings is 1. The van der Waals surface area contributed by atoms with Gasteiger partial charge in [-0.2, -0.15) is 0 Å². The van der Waals surface area contributed by atoms with E-state index in [9.17, 15) is 4.79 Å². The van der Waals surface area contributed by atoms with Gasteiger partial charge in [0.25, 0.3) is 5.91 Å². The standard InChI is InChI=1S/C26H24N4O3.C3H9N/c1-30(18-29-19-6-5-9-23(16-19)32-21-7-3-2-4-8-21)20-10-12-22(13-11-20)33-24-14-15-28-25(17-24)26(27)31;1-4(2)3/h2-17,29H,18H2,1H3,(H2,27,31);1-3H3. The zero-order valence-corrected chi connectivity index (χ0v) is 21.6. The van der Waals surface area contributed by atoms with Gasteiger partial charge in [0.05, 0.1) is 6.67 Å². The summed E-state index contributed by atoms with van der Waals surface area (Å²) in [4.78, 5) is 19.3. The van der Waals surface area contributed by atoms with Crippen molar-refractivity contribution in [3.05, 3.63) is 103 Å². The van der Waals surface area contributed by atoms with E-state index < -0.39 is 5.91 Å². The predicted octanol–water partition coefficient (Wildman–Crippen LogP) is 5.45. The van der Waals surface area contributed by atoms with Crippen molar-refractivity contribution in [2.24, 2.45) is 5.73 Å². The fraction of sp³-hybridized carbons (Fsp3) is 0.172. The van der Waals surface area contributed by atoms with Gasteiger partial charge in [-0.1, -0.05) is 24.3 Å². The first-order valence-corrected chi connectivity index (χ1v) is 11.7. The van der Waals surface area contributed by atoms with Gasteiger partial charge >= 0.3 is 0 Å². The molecule has 3 N–H and O–H groups in total. The average molecular weight is 500 g/mol. The summed E-state index contributed by atoms with van der Waals surface area (Å²) in [6, 6.07) is 28.4. The van der Waals surface area contributed by atoms with E-state index >= 15 is 0 Å². The smallest absolute Gasteiger partial charge is 0.267 e. The summed E-state index contributed by atoms with van der Waals surface area (Å²) in [5.41, 5.74) is 7.40. The third-order valence-corrected chi connectivity index (χ3v) is 4.83. The summed E-state index contributed by atoms with van der Waals surface area (Å²) in [5.74, 6) is 2.12. The SMILES string of the molecule is CN(C)C.CN(CNc1cccc(Oc2ccccc2)c1)c1ccc(Oc2ccnc(C(N)=O)c2)cc1. The lowest BCUT2D eigenvalue weighted by Crippen LogP contribution is -2.24. The number of anilines is 2. The molecule has 3 aromatic carbocycles. The molecule has 0 aliphatic heterocycles. The van der Waals surface area contributed by atoms with Crippen LogP contribution < -0.4 is 25.4 Å². The lowest BCUT2D eigenvalue weighted by molar-refractivity contribution is 0.0995. The Balaban J connectivity index is 0.000000886. The first-order valence-electron chi connectivity index (χ1n) is 11.7. The van der Waals surface area contributed by atoms with Gasteiger partial charge < -0.3 is 30.3 Å². The average Bonchev–Trinajstić information content (AvgIpc) is 2.88. The number of carbonyl (C=O) groups excluding carboxylic acids is 1. The van der Waals surface area contributed by atoms with Crippen molar-refractivity contribution in [2.75, 3.05) is 45.1 Å². The van der Waals surface area contributed by atoms with Crippen molar-refractivity contribution < 1.29 is 14.3 Å². The van der Waals surface area contributed by atoms with Crippen molar-refractivity contribution in [1.82, 2.24) is 9.88 Å². The Hall–Kier alpha value is -4.56. The van der Waals surface area contributed by atoms with Crippen LogP contribution in [0, 0.1) is 0 Å². The topological polar surface area (TPSA) is 92.9 Å². The number of carbonyl (C=O) groups is 1. The third kappa shape index (κ3) is 9.19. The minimum absolute atomic E-state index is 0.160. The van der Waals surface area contributed by atoms with E-state index in [1.54, 1.807) is 6.07 Å². The van der Waals surface area contributed by atoms with E-state index in [0.717, 1.165) is 22.9 Å². The van der Waals surface area contributed by atoms with Gasteiger partial charge in [-0.3, -0.25) is 9.78 Å². The molecule has 8 nitrogen and oxygen atoms in total. The van der Waals surface area contributed by atoms with Crippen molar-refractivity contribution >= 4 is 17.3 Å². The fourth-order valence-electron chi connectivity index (χ4n) is 3.11. The van der Waals surface area contributed by atoms with E-state index in [4.69, 9.17) is 15.2 Å². The van der Waals surface area contributed by atoms with Crippen molar-refractivity contribution in [3.63, 3.8) is 0 Å². The first kappa shape index (κ1) is 27.0. The quantitative estimate of drug-likeness (QED) is 0.296. The number of rotatable bonds is 9. The van der Waals surface area contributed by atoms with Gasteiger partial charge in [-0.05, 0) is 75.7 Å². The summed E-state index contributed by atoms with van der Waals surface area (Å²) in [7, 11) is 8.00. The van der Waals surface area contributed by atoms with E-state index in [0.29, 0.717) is 18.2 Å². The molecule has 1 amide bonds. The Morgan fingerprint density at radius 2 is 1.38 bits per heavy atom. The normalized spacial score (nSPS) is 10.2. The monoisotopic (exact) mass is 499 g/mol. The first-order chi connectivity index (χ1) is 17.8. The maximum Gasteiger partial charge on any atom is 0.267 e. The second kappa shape index (κ2) is 13.5. The number of nitrogens with one attached hydrogen (secondary N) is 1. The summed E-state index contributed by atoms with van der Waals surface area (Å²) >= 11 is 0. The lowest BCUT2D eigenvalue weighted by Gasteiger charge is -2.21. The molecular weight excluding hydrogens is 466 g/mol. The van der Waals surface area contributed by atoms with Crippen LogP contribution in [0.15, 0.2) is 97.2 Å². The van der Waals surface area contributed by atoms with Crippen LogP contribution in [0.3, 0.4) is 0 Å². The third-order valence-electron chi connectivity index (χ3n) is 4.83. The fourth-order valence-corrected chi connectivity index (χ4v) is 3.11. The lowest BCUT2D eigenvalue weighted by atomic mass is 10.2. The van der Waals surface area contributed by atoms with E-state index in [-0.39, 0.29) is 5.69 Å². The molecule has 0 saturated carbocycles. The highest BCUT2D eigenvalue weighted by Gasteiger charge is 2.06. The molecule has 0 atom stereocenters. The van der Waals surface area contributed by atoms with E-state index in [1.807, 2.05) is 112 Å². The number of nitrogens with zero attached hydrogens (tertiary/aromatic N) is 3. The maximum atomic E-state index is 11.3. The van der Waals surface area contributed by atoms with Crippen LogP contribution >= 0.6 is 0 Å². The second-order valence-corrected chi connectivity index (χ2v) is 8.65. The zero-order chi connectivity index (χ0) is 26.6. The minimum Gasteiger partial charge on any atom is -0.457 e. The molecule has 0 unspecified atom stereocenters. The molecule has 0 spiro atoms. The predicted molar refractivity (Wildman–Crippen MR) is 149 cm³/mol. The van der Waals surface area contributed by atoms with Crippen LogP contribution in [-0.2, 0) is 0 Å². The number of primary amides is 1. The van der Waals surface area contributed by atoms with Gasteiger partial charge in [0.2, 0.25) is 0 Å². The molecule has 4 rings (SSSR count). The van der Waals surface area contributed by atoms with E-state index in [2.05, 4.69) is 15.2 Å². The Morgan fingerprint density at radius 3 is 2.03 bits per heavy atom. The molecule has 0 radical (unpaired) electrons. The van der Waals surface area contributed by atoms with Gasteiger partial charge in [0, 0.05) is 36.8 Å². The molecule has 192 valence electrons. The van der Waals surface area contributed by atoms with Crippen molar-refractivity contribution in [2.45, 2.75) is 0 Å². The molecule has 0 fully saturated rings. The number of hydrogen-bond donors (Lipinski definition) is 2. The highest BCUT2D eigenvalue weighted by atomic mass is 16.5. The van der Waals surface area contributed by atoms with Gasteiger partial charge in [-0.15, -0.1) is 0 Å². The summed E-state index contributed by atoms with van der Waals surface area (Å²) < 4.78 is 11.7. The molecule has 0 aliphatic carbocycles. The molecular formula is C29H33N5O3. The molecule has 1 heterocycles. The summed E-state index contributed by atoms with van der Waals surface area (Å²) in [6.07, 6.45) is 1.49. The van der Waals surface area contributed by atoms with Crippen LogP contribution in [0.25, 0.3) is 0 Å². The summed E-state index contributed by atoms with van der Waals surface area (Å²) in [5, 5.41) is 3.40.